The van der Waals surface area contributed by atoms with E-state index in [4.69, 9.17) is 11.6 Å². The maximum Gasteiger partial charge on any atom is 0.326 e. The SMILES string of the molecule is CCC(C(=O)O)n1c(=NC(=O)c2cc(F)cc(F)c2)sc2ccc(Cl)cc21. The average Bonchev–Trinajstić information content (AvgIpc) is 2.92. The molecule has 1 atom stereocenters. The van der Waals surface area contributed by atoms with Crippen molar-refractivity contribution in [2.24, 2.45) is 4.99 Å². The molecule has 1 aromatic heterocycles. The van der Waals surface area contributed by atoms with Crippen LogP contribution in [0, 0.1) is 11.6 Å². The van der Waals surface area contributed by atoms with Gasteiger partial charge in [0.1, 0.15) is 17.7 Å². The number of halogens is 3. The number of benzene rings is 2. The van der Waals surface area contributed by atoms with Gasteiger partial charge >= 0.3 is 5.97 Å². The lowest BCUT2D eigenvalue weighted by Crippen LogP contribution is -2.27. The third kappa shape index (κ3) is 3.91. The van der Waals surface area contributed by atoms with Gasteiger partial charge in [-0.1, -0.05) is 29.9 Å². The molecule has 5 nitrogen and oxygen atoms in total. The molecule has 0 aliphatic rings. The van der Waals surface area contributed by atoms with E-state index >= 15 is 0 Å². The minimum absolute atomic E-state index is 0.108. The Labute approximate surface area is 161 Å². The van der Waals surface area contributed by atoms with Gasteiger partial charge in [-0.2, -0.15) is 4.99 Å². The maximum absolute atomic E-state index is 13.4. The first kappa shape index (κ1) is 19.2. The number of carbonyl (C=O) groups excluding carboxylic acids is 1. The molecule has 3 rings (SSSR count). The van der Waals surface area contributed by atoms with E-state index in [-0.39, 0.29) is 16.8 Å². The van der Waals surface area contributed by atoms with Gasteiger partial charge in [-0.3, -0.25) is 4.79 Å². The molecular formula is C18H13ClF2N2O3S. The Kier molecular flexibility index (Phi) is 5.38. The van der Waals surface area contributed by atoms with E-state index in [0.717, 1.165) is 23.5 Å². The minimum Gasteiger partial charge on any atom is -0.480 e. The zero-order valence-corrected chi connectivity index (χ0v) is 15.5. The number of rotatable bonds is 4. The molecule has 0 spiro atoms. The second-order valence-electron chi connectivity index (χ2n) is 5.70. The van der Waals surface area contributed by atoms with Gasteiger partial charge in [-0.15, -0.1) is 0 Å². The van der Waals surface area contributed by atoms with Crippen LogP contribution in [0.4, 0.5) is 8.78 Å². The third-order valence-corrected chi connectivity index (χ3v) is 5.15. The van der Waals surface area contributed by atoms with Gasteiger partial charge in [0.25, 0.3) is 5.91 Å². The molecule has 1 heterocycles. The summed E-state index contributed by atoms with van der Waals surface area (Å²) in [7, 11) is 0. The number of hydrogen-bond acceptors (Lipinski definition) is 3. The molecule has 0 radical (unpaired) electrons. The number of carbonyl (C=O) groups is 2. The molecule has 0 aliphatic carbocycles. The lowest BCUT2D eigenvalue weighted by Gasteiger charge is -2.13. The number of nitrogens with zero attached hydrogens (tertiary/aromatic N) is 2. The summed E-state index contributed by atoms with van der Waals surface area (Å²) < 4.78 is 28.8. The summed E-state index contributed by atoms with van der Waals surface area (Å²) in [6, 6.07) is 6.34. The predicted octanol–water partition coefficient (Wildman–Crippen LogP) is 4.41. The number of thiazole rings is 1. The number of aromatic nitrogens is 1. The van der Waals surface area contributed by atoms with E-state index in [1.807, 2.05) is 0 Å². The number of carboxylic acids is 1. The molecule has 9 heteroatoms. The third-order valence-electron chi connectivity index (χ3n) is 3.88. The Morgan fingerprint density at radius 3 is 2.48 bits per heavy atom. The summed E-state index contributed by atoms with van der Waals surface area (Å²) in [5.41, 5.74) is 0.247. The Balaban J connectivity index is 2.25. The van der Waals surface area contributed by atoms with Crippen LogP contribution in [0.1, 0.15) is 29.7 Å². The van der Waals surface area contributed by atoms with Gasteiger partial charge in [0.15, 0.2) is 4.80 Å². The van der Waals surface area contributed by atoms with Crippen molar-refractivity contribution in [3.8, 4) is 0 Å². The van der Waals surface area contributed by atoms with Crippen LogP contribution in [0.15, 0.2) is 41.4 Å². The Bertz CT molecular complexity index is 1100. The summed E-state index contributed by atoms with van der Waals surface area (Å²) in [6.07, 6.45) is 0.240. The van der Waals surface area contributed by atoms with Gasteiger partial charge < -0.3 is 9.67 Å². The van der Waals surface area contributed by atoms with Crippen LogP contribution in [0.25, 0.3) is 10.2 Å². The lowest BCUT2D eigenvalue weighted by atomic mass is 10.2. The quantitative estimate of drug-likeness (QED) is 0.692. The number of aliphatic carboxylic acids is 1. The van der Waals surface area contributed by atoms with Crippen LogP contribution < -0.4 is 4.80 Å². The molecule has 0 fully saturated rings. The van der Waals surface area contributed by atoms with E-state index < -0.39 is 29.6 Å². The minimum atomic E-state index is -1.09. The standard InChI is InChI=1S/C18H13ClF2N2O3S/c1-2-13(17(25)26)23-14-7-10(19)3-4-15(14)27-18(23)22-16(24)9-5-11(20)8-12(21)6-9/h3-8,13H,2H2,1H3,(H,25,26). The maximum atomic E-state index is 13.4. The predicted molar refractivity (Wildman–Crippen MR) is 98.0 cm³/mol. The number of fused-ring (bicyclic) bond motifs is 1. The van der Waals surface area contributed by atoms with Crippen LogP contribution in [-0.4, -0.2) is 21.6 Å². The first-order valence-corrected chi connectivity index (χ1v) is 9.08. The highest BCUT2D eigenvalue weighted by atomic mass is 35.5. The zero-order valence-electron chi connectivity index (χ0n) is 13.9. The number of amides is 1. The second-order valence-corrected chi connectivity index (χ2v) is 7.15. The van der Waals surface area contributed by atoms with Crippen LogP contribution in [0.5, 0.6) is 0 Å². The zero-order chi connectivity index (χ0) is 19.7. The normalized spacial score (nSPS) is 13.1. The Morgan fingerprint density at radius 1 is 1.22 bits per heavy atom. The summed E-state index contributed by atoms with van der Waals surface area (Å²) in [5.74, 6) is -3.77. The smallest absolute Gasteiger partial charge is 0.326 e. The number of carboxylic acid groups (broad SMARTS) is 1. The van der Waals surface area contributed by atoms with E-state index in [9.17, 15) is 23.5 Å². The topological polar surface area (TPSA) is 71.7 Å². The Hall–Kier alpha value is -2.58. The van der Waals surface area contributed by atoms with Crippen molar-refractivity contribution in [3.63, 3.8) is 0 Å². The molecule has 0 saturated carbocycles. The van der Waals surface area contributed by atoms with Crippen molar-refractivity contribution >= 4 is 45.0 Å². The van der Waals surface area contributed by atoms with Crippen molar-refractivity contribution in [2.75, 3.05) is 0 Å². The van der Waals surface area contributed by atoms with E-state index in [0.29, 0.717) is 21.3 Å². The number of hydrogen-bond donors (Lipinski definition) is 1. The van der Waals surface area contributed by atoms with Crippen LogP contribution in [0.3, 0.4) is 0 Å². The summed E-state index contributed by atoms with van der Waals surface area (Å²) in [6.45, 7) is 1.69. The molecule has 1 amide bonds. The average molecular weight is 411 g/mol. The molecular weight excluding hydrogens is 398 g/mol. The highest BCUT2D eigenvalue weighted by molar-refractivity contribution is 7.16. The van der Waals surface area contributed by atoms with E-state index in [2.05, 4.69) is 4.99 Å². The fraction of sp³-hybridized carbons (Fsp3) is 0.167. The molecule has 27 heavy (non-hydrogen) atoms. The molecule has 1 N–H and O–H groups in total. The lowest BCUT2D eigenvalue weighted by molar-refractivity contribution is -0.140. The van der Waals surface area contributed by atoms with Gasteiger partial charge in [-0.05, 0) is 36.8 Å². The van der Waals surface area contributed by atoms with Gasteiger partial charge in [0, 0.05) is 16.7 Å². The molecule has 2 aromatic carbocycles. The van der Waals surface area contributed by atoms with Gasteiger partial charge in [-0.25, -0.2) is 13.6 Å². The Morgan fingerprint density at radius 2 is 1.89 bits per heavy atom. The molecule has 3 aromatic rings. The molecule has 0 saturated heterocycles. The first-order chi connectivity index (χ1) is 12.8. The van der Waals surface area contributed by atoms with Crippen molar-refractivity contribution in [1.29, 1.82) is 0 Å². The summed E-state index contributed by atoms with van der Waals surface area (Å²) >= 11 is 7.12. The molecule has 0 aliphatic heterocycles. The molecule has 140 valence electrons. The largest absolute Gasteiger partial charge is 0.480 e. The van der Waals surface area contributed by atoms with Crippen LogP contribution >= 0.6 is 22.9 Å². The van der Waals surface area contributed by atoms with Crippen molar-refractivity contribution in [2.45, 2.75) is 19.4 Å². The van der Waals surface area contributed by atoms with Crippen molar-refractivity contribution < 1.29 is 23.5 Å². The second kappa shape index (κ2) is 7.58. The summed E-state index contributed by atoms with van der Waals surface area (Å²) in [4.78, 5) is 28.1. The fourth-order valence-corrected chi connectivity index (χ4v) is 3.90. The van der Waals surface area contributed by atoms with Crippen LogP contribution in [-0.2, 0) is 4.79 Å². The van der Waals surface area contributed by atoms with E-state index in [1.54, 1.807) is 25.1 Å². The van der Waals surface area contributed by atoms with Crippen molar-refractivity contribution in [3.05, 3.63) is 63.4 Å². The van der Waals surface area contributed by atoms with Gasteiger partial charge in [0.05, 0.1) is 10.2 Å². The fourth-order valence-electron chi connectivity index (χ4n) is 2.69. The highest BCUT2D eigenvalue weighted by Gasteiger charge is 2.22. The molecule has 0 bridgehead atoms. The van der Waals surface area contributed by atoms with Crippen molar-refractivity contribution in [1.82, 2.24) is 4.57 Å². The van der Waals surface area contributed by atoms with E-state index in [1.165, 1.54) is 4.57 Å². The van der Waals surface area contributed by atoms with Crippen LogP contribution in [0.2, 0.25) is 5.02 Å². The molecule has 1 unspecified atom stereocenters. The van der Waals surface area contributed by atoms with Gasteiger partial charge in [0.2, 0.25) is 0 Å². The summed E-state index contributed by atoms with van der Waals surface area (Å²) in [5, 5.41) is 9.95. The highest BCUT2D eigenvalue weighted by Crippen LogP contribution is 2.26. The first-order valence-electron chi connectivity index (χ1n) is 7.88. The monoisotopic (exact) mass is 410 g/mol.